The Kier molecular flexibility index (Phi) is 4.44. The minimum absolute atomic E-state index is 0.276. The van der Waals surface area contributed by atoms with Crippen LogP contribution in [0.1, 0.15) is 22.6 Å². The third-order valence-electron chi connectivity index (χ3n) is 2.77. The lowest BCUT2D eigenvalue weighted by atomic mass is 10.2. The van der Waals surface area contributed by atoms with Crippen LogP contribution in [0.5, 0.6) is 0 Å². The van der Waals surface area contributed by atoms with Gasteiger partial charge >= 0.3 is 0 Å². The minimum Gasteiger partial charge on any atom is -0.352 e. The number of nitrogens with one attached hydrogen (secondary N) is 3. The summed E-state index contributed by atoms with van der Waals surface area (Å²) in [5, 5.41) is 13.2. The van der Waals surface area contributed by atoms with E-state index in [2.05, 4.69) is 20.3 Å². The summed E-state index contributed by atoms with van der Waals surface area (Å²) in [4.78, 5) is 42.4. The number of carbonyl (C=O) groups excluding carboxylic acids is 1. The van der Waals surface area contributed by atoms with Crippen LogP contribution in [0.4, 0.5) is 5.69 Å². The Hall–Kier alpha value is -2.97. The van der Waals surface area contributed by atoms with E-state index in [1.807, 2.05) is 0 Å². The van der Waals surface area contributed by atoms with Gasteiger partial charge in [0.1, 0.15) is 11.4 Å². The zero-order valence-corrected chi connectivity index (χ0v) is 11.0. The Morgan fingerprint density at radius 3 is 2.90 bits per heavy atom. The summed E-state index contributed by atoms with van der Waals surface area (Å²) in [6.45, 7) is 0.335. The molecule has 0 saturated heterocycles. The highest BCUT2D eigenvalue weighted by atomic mass is 16.6. The average molecular weight is 291 g/mol. The molecule has 0 atom stereocenters. The molecular formula is C12H13N5O4. The first kappa shape index (κ1) is 14.4. The predicted molar refractivity (Wildman–Crippen MR) is 73.0 cm³/mol. The van der Waals surface area contributed by atoms with E-state index in [-0.39, 0.29) is 11.3 Å². The van der Waals surface area contributed by atoms with Crippen LogP contribution >= 0.6 is 0 Å². The number of nitrogens with zero attached hydrogens (tertiary/aromatic N) is 2. The molecule has 110 valence electrons. The average Bonchev–Trinajstić information content (AvgIpc) is 2.96. The van der Waals surface area contributed by atoms with Gasteiger partial charge in [-0.15, -0.1) is 0 Å². The number of amides is 1. The van der Waals surface area contributed by atoms with Crippen LogP contribution < -0.4 is 10.9 Å². The smallest absolute Gasteiger partial charge is 0.286 e. The Morgan fingerprint density at radius 1 is 1.43 bits per heavy atom. The monoisotopic (exact) mass is 291 g/mol. The van der Waals surface area contributed by atoms with Crippen molar-refractivity contribution >= 4 is 11.6 Å². The quantitative estimate of drug-likeness (QED) is 0.401. The highest BCUT2D eigenvalue weighted by molar-refractivity contribution is 5.94. The highest BCUT2D eigenvalue weighted by Gasteiger charge is 2.15. The molecule has 0 aromatic carbocycles. The van der Waals surface area contributed by atoms with E-state index in [4.69, 9.17) is 0 Å². The molecule has 0 aliphatic rings. The molecule has 21 heavy (non-hydrogen) atoms. The number of aromatic nitrogens is 3. The second-order valence-corrected chi connectivity index (χ2v) is 4.25. The third-order valence-corrected chi connectivity index (χ3v) is 2.77. The van der Waals surface area contributed by atoms with Gasteiger partial charge in [0, 0.05) is 31.4 Å². The van der Waals surface area contributed by atoms with Crippen molar-refractivity contribution in [2.24, 2.45) is 0 Å². The summed E-state index contributed by atoms with van der Waals surface area (Å²) in [7, 11) is 0. The summed E-state index contributed by atoms with van der Waals surface area (Å²) in [5.74, 6) is 0.164. The fourth-order valence-corrected chi connectivity index (χ4v) is 1.73. The van der Waals surface area contributed by atoms with Gasteiger partial charge in [0.2, 0.25) is 0 Å². The van der Waals surface area contributed by atoms with Crippen molar-refractivity contribution in [3.63, 3.8) is 0 Å². The van der Waals surface area contributed by atoms with Gasteiger partial charge in [-0.3, -0.25) is 19.7 Å². The standard InChI is InChI=1S/C12H13N5O4/c18-11(15-3-1-2-10-13-4-5-14-10)9-6-8(17(20)21)7-16-12(9)19/h4-7H,1-3H2,(H,13,14)(H,15,18)(H,16,19). The van der Waals surface area contributed by atoms with Crippen molar-refractivity contribution in [2.45, 2.75) is 12.8 Å². The van der Waals surface area contributed by atoms with Crippen molar-refractivity contribution in [1.82, 2.24) is 20.3 Å². The third kappa shape index (κ3) is 3.75. The molecule has 2 rings (SSSR count). The van der Waals surface area contributed by atoms with Gasteiger partial charge < -0.3 is 15.3 Å². The van der Waals surface area contributed by atoms with Crippen molar-refractivity contribution in [3.05, 3.63) is 56.5 Å². The van der Waals surface area contributed by atoms with Gasteiger partial charge in [0.05, 0.1) is 11.1 Å². The molecule has 0 saturated carbocycles. The number of imidazole rings is 1. The molecule has 0 aliphatic heterocycles. The van der Waals surface area contributed by atoms with E-state index in [1.165, 1.54) is 0 Å². The maximum atomic E-state index is 11.8. The van der Waals surface area contributed by atoms with Gasteiger partial charge in [-0.1, -0.05) is 0 Å². The molecule has 3 N–H and O–H groups in total. The SMILES string of the molecule is O=C(NCCCc1ncc[nH]1)c1cc([N+](=O)[O-])c[nH]c1=O. The maximum absolute atomic E-state index is 11.8. The molecule has 2 heterocycles. The molecule has 0 fully saturated rings. The number of nitro groups is 1. The van der Waals surface area contributed by atoms with Crippen LogP contribution in [-0.4, -0.2) is 32.3 Å². The second-order valence-electron chi connectivity index (χ2n) is 4.25. The summed E-state index contributed by atoms with van der Waals surface area (Å²) >= 11 is 0. The Morgan fingerprint density at radius 2 is 2.24 bits per heavy atom. The fraction of sp³-hybridized carbons (Fsp3) is 0.250. The summed E-state index contributed by atoms with van der Waals surface area (Å²) in [6.07, 6.45) is 5.58. The summed E-state index contributed by atoms with van der Waals surface area (Å²) in [6, 6.07) is 0.959. The van der Waals surface area contributed by atoms with Gasteiger partial charge in [-0.05, 0) is 6.42 Å². The second kappa shape index (κ2) is 6.46. The molecule has 2 aromatic rings. The molecule has 0 bridgehead atoms. The van der Waals surface area contributed by atoms with E-state index >= 15 is 0 Å². The number of aromatic amines is 2. The van der Waals surface area contributed by atoms with Gasteiger partial charge in [-0.2, -0.15) is 0 Å². The number of aryl methyl sites for hydroxylation is 1. The first-order valence-corrected chi connectivity index (χ1v) is 6.21. The lowest BCUT2D eigenvalue weighted by Crippen LogP contribution is -2.30. The van der Waals surface area contributed by atoms with Gasteiger partial charge in [0.25, 0.3) is 17.2 Å². The van der Waals surface area contributed by atoms with E-state index in [9.17, 15) is 19.7 Å². The van der Waals surface area contributed by atoms with Gasteiger partial charge in [-0.25, -0.2) is 4.98 Å². The van der Waals surface area contributed by atoms with Crippen LogP contribution in [-0.2, 0) is 6.42 Å². The number of hydrogen-bond acceptors (Lipinski definition) is 5. The first-order chi connectivity index (χ1) is 10.1. The van der Waals surface area contributed by atoms with Crippen molar-refractivity contribution in [3.8, 4) is 0 Å². The lowest BCUT2D eigenvalue weighted by Gasteiger charge is -2.03. The van der Waals surface area contributed by atoms with Crippen LogP contribution in [0.15, 0.2) is 29.5 Å². The zero-order valence-electron chi connectivity index (χ0n) is 11.0. The molecule has 2 aromatic heterocycles. The molecule has 0 unspecified atom stereocenters. The number of hydrogen-bond donors (Lipinski definition) is 3. The van der Waals surface area contributed by atoms with Crippen LogP contribution in [0.3, 0.4) is 0 Å². The lowest BCUT2D eigenvalue weighted by molar-refractivity contribution is -0.385. The molecule has 0 aliphatic carbocycles. The molecule has 0 spiro atoms. The summed E-state index contributed by atoms with van der Waals surface area (Å²) in [5.41, 5.74) is -1.28. The molecule has 9 heteroatoms. The molecule has 9 nitrogen and oxygen atoms in total. The van der Waals surface area contributed by atoms with E-state index in [1.54, 1.807) is 12.4 Å². The Labute approximate surface area is 118 Å². The van der Waals surface area contributed by atoms with E-state index in [0.29, 0.717) is 19.4 Å². The molecule has 1 amide bonds. The Balaban J connectivity index is 1.92. The zero-order chi connectivity index (χ0) is 15.2. The topological polar surface area (TPSA) is 134 Å². The van der Waals surface area contributed by atoms with Crippen molar-refractivity contribution < 1.29 is 9.72 Å². The fourth-order valence-electron chi connectivity index (χ4n) is 1.73. The largest absolute Gasteiger partial charge is 0.352 e. The predicted octanol–water partition coefficient (Wildman–Crippen LogP) is 0.369. The normalized spacial score (nSPS) is 10.3. The van der Waals surface area contributed by atoms with Gasteiger partial charge in [0.15, 0.2) is 0 Å². The van der Waals surface area contributed by atoms with Crippen LogP contribution in [0.25, 0.3) is 0 Å². The molecule has 0 radical (unpaired) electrons. The van der Waals surface area contributed by atoms with E-state index in [0.717, 1.165) is 18.1 Å². The minimum atomic E-state index is -0.677. The summed E-state index contributed by atoms with van der Waals surface area (Å²) < 4.78 is 0. The number of H-pyrrole nitrogens is 2. The van der Waals surface area contributed by atoms with Crippen molar-refractivity contribution in [2.75, 3.05) is 6.54 Å². The maximum Gasteiger partial charge on any atom is 0.286 e. The highest BCUT2D eigenvalue weighted by Crippen LogP contribution is 2.08. The Bertz CT molecular complexity index is 692. The number of pyridine rings is 1. The number of rotatable bonds is 6. The van der Waals surface area contributed by atoms with E-state index < -0.39 is 16.4 Å². The molecular weight excluding hydrogens is 278 g/mol. The first-order valence-electron chi connectivity index (χ1n) is 6.21. The van der Waals surface area contributed by atoms with Crippen LogP contribution in [0, 0.1) is 10.1 Å². The van der Waals surface area contributed by atoms with Crippen molar-refractivity contribution in [1.29, 1.82) is 0 Å². The van der Waals surface area contributed by atoms with Crippen LogP contribution in [0.2, 0.25) is 0 Å². The number of carbonyl (C=O) groups is 1.